The van der Waals surface area contributed by atoms with Crippen LogP contribution in [0.25, 0.3) is 10.9 Å². The summed E-state index contributed by atoms with van der Waals surface area (Å²) < 4.78 is 5.49. The van der Waals surface area contributed by atoms with Gasteiger partial charge in [0, 0.05) is 37.5 Å². The third-order valence-corrected chi connectivity index (χ3v) is 7.72. The number of aromatic nitrogens is 1. The van der Waals surface area contributed by atoms with Crippen molar-refractivity contribution in [3.8, 4) is 5.75 Å². The van der Waals surface area contributed by atoms with Crippen molar-refractivity contribution in [2.45, 2.75) is 32.2 Å². The predicted molar refractivity (Wildman–Crippen MR) is 122 cm³/mol. The molecule has 3 fully saturated rings. The fraction of sp³-hybridized carbons (Fsp3) is 0.600. The standard InChI is InChI=1S/C25H34N4O2/c1-27-11-4-12-29(16-15-27)24(30)21-17-25(21)9-13-28(14-10-25)18-20-8-7-19-5-3-6-22(31-2)23(19)26-20/h3,5-8,21H,4,9-18H2,1-2H3. The highest BCUT2D eigenvalue weighted by atomic mass is 16.5. The Hall–Kier alpha value is -2.18. The maximum Gasteiger partial charge on any atom is 0.226 e. The Kier molecular flexibility index (Phi) is 5.61. The molecule has 2 aliphatic heterocycles. The van der Waals surface area contributed by atoms with Crippen LogP contribution in [0.4, 0.5) is 0 Å². The molecular formula is C25H34N4O2. The lowest BCUT2D eigenvalue weighted by atomic mass is 9.90. The summed E-state index contributed by atoms with van der Waals surface area (Å²) in [6.07, 6.45) is 4.46. The molecule has 1 amide bonds. The first-order valence-corrected chi connectivity index (χ1v) is 11.7. The Morgan fingerprint density at radius 3 is 2.74 bits per heavy atom. The van der Waals surface area contributed by atoms with Gasteiger partial charge in [0.25, 0.3) is 0 Å². The molecule has 1 aromatic carbocycles. The number of pyridine rings is 1. The molecule has 5 rings (SSSR count). The van der Waals surface area contributed by atoms with Crippen LogP contribution in [0, 0.1) is 11.3 Å². The van der Waals surface area contributed by atoms with Gasteiger partial charge in [0.15, 0.2) is 0 Å². The second-order valence-corrected chi connectivity index (χ2v) is 9.71. The number of ether oxygens (including phenoxy) is 1. The Morgan fingerprint density at radius 1 is 1.10 bits per heavy atom. The van der Waals surface area contributed by atoms with Crippen molar-refractivity contribution in [2.24, 2.45) is 11.3 Å². The average Bonchev–Trinajstić information content (AvgIpc) is 3.54. The van der Waals surface area contributed by atoms with Crippen LogP contribution in [0.1, 0.15) is 31.4 Å². The predicted octanol–water partition coefficient (Wildman–Crippen LogP) is 3.01. The Morgan fingerprint density at radius 2 is 1.94 bits per heavy atom. The van der Waals surface area contributed by atoms with Crippen LogP contribution in [0.5, 0.6) is 5.75 Å². The summed E-state index contributed by atoms with van der Waals surface area (Å²) in [6, 6.07) is 10.3. The quantitative estimate of drug-likeness (QED) is 0.758. The van der Waals surface area contributed by atoms with E-state index in [-0.39, 0.29) is 11.3 Å². The summed E-state index contributed by atoms with van der Waals surface area (Å²) in [7, 11) is 3.85. The van der Waals surface area contributed by atoms with Crippen LogP contribution >= 0.6 is 0 Å². The number of likely N-dealkylation sites (N-methyl/N-ethyl adjacent to an activating group) is 1. The number of para-hydroxylation sites is 1. The number of amides is 1. The number of likely N-dealkylation sites (tertiary alicyclic amines) is 1. The fourth-order valence-electron chi connectivity index (χ4n) is 5.54. The normalized spacial score (nSPS) is 24.3. The Bertz CT molecular complexity index is 954. The van der Waals surface area contributed by atoms with Gasteiger partial charge in [-0.3, -0.25) is 9.69 Å². The lowest BCUT2D eigenvalue weighted by Crippen LogP contribution is -2.39. The molecule has 1 atom stereocenters. The van der Waals surface area contributed by atoms with E-state index < -0.39 is 0 Å². The first kappa shape index (κ1) is 20.7. The van der Waals surface area contributed by atoms with E-state index in [1.165, 1.54) is 0 Å². The summed E-state index contributed by atoms with van der Waals surface area (Å²) in [5.41, 5.74) is 2.29. The zero-order valence-electron chi connectivity index (χ0n) is 18.8. The monoisotopic (exact) mass is 422 g/mol. The number of methoxy groups -OCH3 is 1. The minimum Gasteiger partial charge on any atom is -0.494 e. The summed E-state index contributed by atoms with van der Waals surface area (Å²) in [4.78, 5) is 25.0. The number of carbonyl (C=O) groups is 1. The second kappa shape index (κ2) is 8.40. The summed E-state index contributed by atoms with van der Waals surface area (Å²) in [5.74, 6) is 1.52. The van der Waals surface area contributed by atoms with Crippen molar-refractivity contribution in [3.05, 3.63) is 36.0 Å². The molecule has 1 unspecified atom stereocenters. The lowest BCUT2D eigenvalue weighted by molar-refractivity contribution is -0.133. The van der Waals surface area contributed by atoms with Gasteiger partial charge >= 0.3 is 0 Å². The number of carbonyl (C=O) groups excluding carboxylic acids is 1. The smallest absolute Gasteiger partial charge is 0.226 e. The fourth-order valence-corrected chi connectivity index (χ4v) is 5.54. The Labute approximate surface area is 185 Å². The molecule has 6 nitrogen and oxygen atoms in total. The van der Waals surface area contributed by atoms with E-state index in [2.05, 4.69) is 39.9 Å². The number of fused-ring (bicyclic) bond motifs is 1. The molecule has 31 heavy (non-hydrogen) atoms. The van der Waals surface area contributed by atoms with E-state index in [0.29, 0.717) is 5.91 Å². The maximum absolute atomic E-state index is 13.1. The van der Waals surface area contributed by atoms with Crippen molar-refractivity contribution in [3.63, 3.8) is 0 Å². The lowest BCUT2D eigenvalue weighted by Gasteiger charge is -2.33. The molecule has 6 heteroatoms. The molecule has 1 aliphatic carbocycles. The van der Waals surface area contributed by atoms with Gasteiger partial charge in [-0.25, -0.2) is 4.98 Å². The van der Waals surface area contributed by atoms with E-state index in [9.17, 15) is 4.79 Å². The molecule has 1 spiro atoms. The van der Waals surface area contributed by atoms with Gasteiger partial charge < -0.3 is 14.5 Å². The molecule has 0 N–H and O–H groups in total. The zero-order chi connectivity index (χ0) is 21.4. The van der Waals surface area contributed by atoms with Crippen LogP contribution in [0.2, 0.25) is 0 Å². The van der Waals surface area contributed by atoms with E-state index in [1.807, 2.05) is 12.1 Å². The van der Waals surface area contributed by atoms with Crippen molar-refractivity contribution in [1.82, 2.24) is 19.7 Å². The molecule has 2 aromatic rings. The highest BCUT2D eigenvalue weighted by Gasteiger charge is 2.59. The number of nitrogens with zero attached hydrogens (tertiary/aromatic N) is 4. The number of piperidine rings is 1. The molecule has 1 aromatic heterocycles. The number of hydrogen-bond acceptors (Lipinski definition) is 5. The van der Waals surface area contributed by atoms with Gasteiger partial charge in [-0.05, 0) is 69.9 Å². The first-order valence-electron chi connectivity index (χ1n) is 11.7. The first-order chi connectivity index (χ1) is 15.1. The van der Waals surface area contributed by atoms with Crippen LogP contribution in [0.15, 0.2) is 30.3 Å². The van der Waals surface area contributed by atoms with Gasteiger partial charge in [0.2, 0.25) is 5.91 Å². The van der Waals surface area contributed by atoms with Gasteiger partial charge in [0.1, 0.15) is 11.3 Å². The number of benzene rings is 1. The number of rotatable bonds is 4. The van der Waals surface area contributed by atoms with Crippen LogP contribution in [0.3, 0.4) is 0 Å². The van der Waals surface area contributed by atoms with Crippen molar-refractivity contribution >= 4 is 16.8 Å². The minimum absolute atomic E-state index is 0.265. The van der Waals surface area contributed by atoms with Crippen molar-refractivity contribution in [1.29, 1.82) is 0 Å². The van der Waals surface area contributed by atoms with Crippen LogP contribution < -0.4 is 4.74 Å². The number of hydrogen-bond donors (Lipinski definition) is 0. The third kappa shape index (κ3) is 4.15. The van der Waals surface area contributed by atoms with E-state index in [1.54, 1.807) is 7.11 Å². The largest absolute Gasteiger partial charge is 0.494 e. The third-order valence-electron chi connectivity index (χ3n) is 7.72. The van der Waals surface area contributed by atoms with Crippen molar-refractivity contribution < 1.29 is 9.53 Å². The Balaban J connectivity index is 1.18. The van der Waals surface area contributed by atoms with Crippen LogP contribution in [-0.4, -0.2) is 79.0 Å². The molecule has 0 bridgehead atoms. The summed E-state index contributed by atoms with van der Waals surface area (Å²) in [6.45, 7) is 6.90. The zero-order valence-corrected chi connectivity index (χ0v) is 18.8. The topological polar surface area (TPSA) is 48.9 Å². The molecule has 166 valence electrons. The van der Waals surface area contributed by atoms with Gasteiger partial charge in [0.05, 0.1) is 12.8 Å². The van der Waals surface area contributed by atoms with Gasteiger partial charge in [-0.2, -0.15) is 0 Å². The van der Waals surface area contributed by atoms with E-state index in [4.69, 9.17) is 9.72 Å². The van der Waals surface area contributed by atoms with E-state index in [0.717, 1.165) is 93.8 Å². The SMILES string of the molecule is COc1cccc2ccc(CN3CCC4(CC3)CC4C(=O)N3CCCN(C)CC3)nc12. The highest BCUT2D eigenvalue weighted by Crippen LogP contribution is 2.60. The minimum atomic E-state index is 0.265. The van der Waals surface area contributed by atoms with E-state index >= 15 is 0 Å². The van der Waals surface area contributed by atoms with Gasteiger partial charge in [-0.1, -0.05) is 18.2 Å². The van der Waals surface area contributed by atoms with Crippen LogP contribution in [-0.2, 0) is 11.3 Å². The van der Waals surface area contributed by atoms with Crippen molar-refractivity contribution in [2.75, 3.05) is 53.4 Å². The molecule has 3 aliphatic rings. The molecular weight excluding hydrogens is 388 g/mol. The summed E-state index contributed by atoms with van der Waals surface area (Å²) in [5, 5.41) is 1.11. The highest BCUT2D eigenvalue weighted by molar-refractivity contribution is 5.84. The molecule has 3 heterocycles. The second-order valence-electron chi connectivity index (χ2n) is 9.71. The molecule has 1 saturated carbocycles. The van der Waals surface area contributed by atoms with Gasteiger partial charge in [-0.15, -0.1) is 0 Å². The molecule has 2 saturated heterocycles. The maximum atomic E-state index is 13.1. The molecule has 0 radical (unpaired) electrons. The average molecular weight is 423 g/mol. The summed E-state index contributed by atoms with van der Waals surface area (Å²) >= 11 is 0.